The first-order valence-corrected chi connectivity index (χ1v) is 8.16. The Hall–Kier alpha value is -3.26. The first kappa shape index (κ1) is 17.6. The Morgan fingerprint density at radius 2 is 2.15 bits per heavy atom. The van der Waals surface area contributed by atoms with Crippen molar-refractivity contribution in [3.05, 3.63) is 42.4 Å². The average Bonchev–Trinajstić information content (AvgIpc) is 3.06. The molecule has 0 atom stereocenters. The van der Waals surface area contributed by atoms with E-state index in [9.17, 15) is 4.79 Å². The van der Waals surface area contributed by atoms with Gasteiger partial charge in [-0.1, -0.05) is 0 Å². The Balaban J connectivity index is 1.79. The van der Waals surface area contributed by atoms with Crippen LogP contribution < -0.4 is 10.5 Å². The number of rotatable bonds is 8. The van der Waals surface area contributed by atoms with Crippen molar-refractivity contribution in [3.8, 4) is 17.1 Å². The van der Waals surface area contributed by atoms with Crippen molar-refractivity contribution < 1.29 is 14.3 Å². The van der Waals surface area contributed by atoms with Crippen molar-refractivity contribution in [3.63, 3.8) is 0 Å². The van der Waals surface area contributed by atoms with Crippen LogP contribution in [0.25, 0.3) is 28.5 Å². The number of pyridine rings is 1. The van der Waals surface area contributed by atoms with Crippen molar-refractivity contribution in [2.75, 3.05) is 19.8 Å². The van der Waals surface area contributed by atoms with Gasteiger partial charge in [0, 0.05) is 42.3 Å². The van der Waals surface area contributed by atoms with E-state index < -0.39 is 5.91 Å². The van der Waals surface area contributed by atoms with Gasteiger partial charge in [-0.3, -0.25) is 4.79 Å². The number of hydrogen-bond acceptors (Lipinski definition) is 6. The molecule has 0 aliphatic rings. The summed E-state index contributed by atoms with van der Waals surface area (Å²) < 4.78 is 10.7. The second-order valence-electron chi connectivity index (χ2n) is 5.36. The number of hydrogen-bond donors (Lipinski definition) is 2. The number of H-pyrrole nitrogens is 1. The van der Waals surface area contributed by atoms with Crippen LogP contribution in [0.2, 0.25) is 0 Å². The van der Waals surface area contributed by atoms with Gasteiger partial charge in [-0.25, -0.2) is 15.0 Å². The largest absolute Gasteiger partial charge is 0.475 e. The van der Waals surface area contributed by atoms with E-state index in [-0.39, 0.29) is 0 Å². The highest BCUT2D eigenvalue weighted by Gasteiger charge is 2.08. The number of carbonyl (C=O) groups excluding carboxylic acids is 1. The number of fused-ring (bicyclic) bond motifs is 1. The topological polar surface area (TPSA) is 116 Å². The van der Waals surface area contributed by atoms with E-state index in [1.54, 1.807) is 30.7 Å². The zero-order chi connectivity index (χ0) is 18.4. The number of nitrogens with two attached hydrogens (primary N) is 1. The minimum absolute atomic E-state index is 0.449. The summed E-state index contributed by atoms with van der Waals surface area (Å²) in [6.07, 6.45) is 7.95. The van der Waals surface area contributed by atoms with E-state index in [1.165, 1.54) is 6.08 Å². The SMILES string of the molecule is CCOCCOc1ccc(-c2cnc3[nH]cc(C=CC(N)=O)c3n2)cn1. The fourth-order valence-electron chi connectivity index (χ4n) is 2.32. The summed E-state index contributed by atoms with van der Waals surface area (Å²) in [6, 6.07) is 3.64. The van der Waals surface area contributed by atoms with Gasteiger partial charge in [0.25, 0.3) is 0 Å². The number of aromatic nitrogens is 4. The van der Waals surface area contributed by atoms with Crippen LogP contribution in [0.5, 0.6) is 5.88 Å². The molecular formula is C18H19N5O3. The van der Waals surface area contributed by atoms with Crippen molar-refractivity contribution in [2.24, 2.45) is 5.73 Å². The van der Waals surface area contributed by atoms with E-state index in [1.807, 2.05) is 13.0 Å². The summed E-state index contributed by atoms with van der Waals surface area (Å²) in [6.45, 7) is 3.57. The summed E-state index contributed by atoms with van der Waals surface area (Å²) in [5.41, 5.74) is 8.62. The highest BCUT2D eigenvalue weighted by atomic mass is 16.5. The van der Waals surface area contributed by atoms with E-state index in [0.717, 1.165) is 11.1 Å². The number of carbonyl (C=O) groups is 1. The van der Waals surface area contributed by atoms with Gasteiger partial charge in [0.1, 0.15) is 12.1 Å². The third-order valence-electron chi connectivity index (χ3n) is 3.55. The van der Waals surface area contributed by atoms with Crippen LogP contribution in [-0.4, -0.2) is 45.7 Å². The maximum atomic E-state index is 10.9. The van der Waals surface area contributed by atoms with Crippen LogP contribution >= 0.6 is 0 Å². The molecule has 0 saturated heterocycles. The van der Waals surface area contributed by atoms with Gasteiger partial charge in [-0.05, 0) is 19.1 Å². The maximum Gasteiger partial charge on any atom is 0.241 e. The molecule has 8 heteroatoms. The van der Waals surface area contributed by atoms with Crippen LogP contribution in [0.15, 0.2) is 36.8 Å². The summed E-state index contributed by atoms with van der Waals surface area (Å²) in [4.78, 5) is 27.2. The van der Waals surface area contributed by atoms with Crippen LogP contribution in [0.4, 0.5) is 0 Å². The van der Waals surface area contributed by atoms with Gasteiger partial charge in [0.15, 0.2) is 5.65 Å². The number of amides is 1. The highest BCUT2D eigenvalue weighted by molar-refractivity contribution is 5.93. The molecule has 3 N–H and O–H groups in total. The van der Waals surface area contributed by atoms with Crippen LogP contribution in [0.3, 0.4) is 0 Å². The molecule has 0 aromatic carbocycles. The number of primary amides is 1. The van der Waals surface area contributed by atoms with Crippen LogP contribution in [-0.2, 0) is 9.53 Å². The van der Waals surface area contributed by atoms with Gasteiger partial charge < -0.3 is 20.2 Å². The predicted octanol–water partition coefficient (Wildman–Crippen LogP) is 1.93. The molecule has 0 aliphatic carbocycles. The van der Waals surface area contributed by atoms with Crippen molar-refractivity contribution in [1.29, 1.82) is 0 Å². The zero-order valence-corrected chi connectivity index (χ0v) is 14.3. The van der Waals surface area contributed by atoms with Crippen molar-refractivity contribution in [1.82, 2.24) is 19.9 Å². The predicted molar refractivity (Wildman–Crippen MR) is 97.3 cm³/mol. The average molecular weight is 353 g/mol. The van der Waals surface area contributed by atoms with E-state index in [4.69, 9.17) is 15.2 Å². The van der Waals surface area contributed by atoms with Crippen molar-refractivity contribution in [2.45, 2.75) is 6.92 Å². The minimum Gasteiger partial charge on any atom is -0.475 e. The Labute approximate surface area is 150 Å². The Morgan fingerprint density at radius 3 is 2.88 bits per heavy atom. The van der Waals surface area contributed by atoms with Gasteiger partial charge in [0.2, 0.25) is 11.8 Å². The molecule has 8 nitrogen and oxygen atoms in total. The summed E-state index contributed by atoms with van der Waals surface area (Å²) in [5, 5.41) is 0. The lowest BCUT2D eigenvalue weighted by molar-refractivity contribution is -0.113. The van der Waals surface area contributed by atoms with Crippen molar-refractivity contribution >= 4 is 23.1 Å². The van der Waals surface area contributed by atoms with Crippen LogP contribution in [0.1, 0.15) is 12.5 Å². The Kier molecular flexibility index (Phi) is 5.55. The first-order chi connectivity index (χ1) is 12.7. The lowest BCUT2D eigenvalue weighted by atomic mass is 10.2. The fraction of sp³-hybridized carbons (Fsp3) is 0.222. The molecule has 134 valence electrons. The normalized spacial score (nSPS) is 11.3. The number of nitrogens with zero attached hydrogens (tertiary/aromatic N) is 3. The molecule has 0 bridgehead atoms. The summed E-state index contributed by atoms with van der Waals surface area (Å²) in [5.74, 6) is 0.00167. The van der Waals surface area contributed by atoms with E-state index in [2.05, 4.69) is 19.9 Å². The first-order valence-electron chi connectivity index (χ1n) is 8.16. The molecule has 0 radical (unpaired) electrons. The molecule has 3 aromatic rings. The Bertz CT molecular complexity index is 918. The highest BCUT2D eigenvalue weighted by Crippen LogP contribution is 2.22. The molecule has 0 unspecified atom stereocenters. The number of nitrogens with one attached hydrogen (secondary N) is 1. The minimum atomic E-state index is -0.521. The second-order valence-corrected chi connectivity index (χ2v) is 5.36. The quantitative estimate of drug-likeness (QED) is 0.472. The standard InChI is InChI=1S/C18H19N5O3/c1-2-25-7-8-26-16-6-4-12(9-20-16)14-11-22-18-17(23-14)13(10-21-18)3-5-15(19)24/h3-6,9-11H,2,7-8H2,1H3,(H2,19,24)(H,21,22). The zero-order valence-electron chi connectivity index (χ0n) is 14.3. The monoisotopic (exact) mass is 353 g/mol. The van der Waals surface area contributed by atoms with Gasteiger partial charge in [-0.2, -0.15) is 0 Å². The Morgan fingerprint density at radius 1 is 1.27 bits per heavy atom. The smallest absolute Gasteiger partial charge is 0.241 e. The van der Waals surface area contributed by atoms with E-state index in [0.29, 0.717) is 42.6 Å². The lowest BCUT2D eigenvalue weighted by Gasteiger charge is -2.06. The molecule has 1 amide bonds. The summed E-state index contributed by atoms with van der Waals surface area (Å²) >= 11 is 0. The van der Waals surface area contributed by atoms with Gasteiger partial charge in [-0.15, -0.1) is 0 Å². The molecular weight excluding hydrogens is 334 g/mol. The number of ether oxygens (including phenoxy) is 2. The maximum absolute atomic E-state index is 10.9. The third-order valence-corrected chi connectivity index (χ3v) is 3.55. The molecule has 0 fully saturated rings. The molecule has 26 heavy (non-hydrogen) atoms. The second kappa shape index (κ2) is 8.21. The van der Waals surface area contributed by atoms with Crippen LogP contribution in [0, 0.1) is 0 Å². The molecule has 0 aliphatic heterocycles. The fourth-order valence-corrected chi connectivity index (χ4v) is 2.32. The molecule has 0 spiro atoms. The van der Waals surface area contributed by atoms with Gasteiger partial charge >= 0.3 is 0 Å². The molecule has 3 heterocycles. The van der Waals surface area contributed by atoms with E-state index >= 15 is 0 Å². The molecule has 3 aromatic heterocycles. The lowest BCUT2D eigenvalue weighted by Crippen LogP contribution is -2.07. The number of aromatic amines is 1. The third kappa shape index (κ3) is 4.22. The molecule has 0 saturated carbocycles. The molecule has 3 rings (SSSR count). The van der Waals surface area contributed by atoms with Gasteiger partial charge in [0.05, 0.1) is 18.5 Å². The summed E-state index contributed by atoms with van der Waals surface area (Å²) in [7, 11) is 0.